The summed E-state index contributed by atoms with van der Waals surface area (Å²) in [4.78, 5) is 0. The normalized spacial score (nSPS) is 16.6. The molecule has 0 saturated heterocycles. The highest BCUT2D eigenvalue weighted by Crippen LogP contribution is 2.34. The van der Waals surface area contributed by atoms with Crippen LogP contribution in [0.5, 0.6) is 0 Å². The summed E-state index contributed by atoms with van der Waals surface area (Å²) in [5, 5.41) is 1.55. The van der Waals surface area contributed by atoms with Gasteiger partial charge in [-0.3, -0.25) is 0 Å². The third kappa shape index (κ3) is 7.01. The Labute approximate surface area is 159 Å². The summed E-state index contributed by atoms with van der Waals surface area (Å²) in [6.45, 7) is 24.6. The fourth-order valence-corrected chi connectivity index (χ4v) is 4.62. The van der Waals surface area contributed by atoms with Crippen molar-refractivity contribution in [1.82, 2.24) is 0 Å². The third-order valence-electron chi connectivity index (χ3n) is 5.84. The van der Waals surface area contributed by atoms with E-state index in [-0.39, 0.29) is 5.41 Å². The molecule has 3 unspecified atom stereocenters. The third-order valence-corrected chi connectivity index (χ3v) is 7.90. The largest absolute Gasteiger partial charge is 0.122 e. The van der Waals surface area contributed by atoms with Crippen molar-refractivity contribution in [2.24, 2.45) is 11.3 Å². The first-order chi connectivity index (χ1) is 11.5. The molecule has 0 fully saturated rings. The number of rotatable bonds is 10. The minimum Gasteiger partial charge on any atom is -0.103 e. The Bertz CT molecular complexity index is 567. The molecule has 0 saturated carbocycles. The van der Waals surface area contributed by atoms with E-state index in [9.17, 15) is 0 Å². The molecule has 0 amide bonds. The van der Waals surface area contributed by atoms with Crippen LogP contribution in [0.1, 0.15) is 45.6 Å². The summed E-state index contributed by atoms with van der Waals surface area (Å²) in [5.41, 5.74) is 2.99. The van der Waals surface area contributed by atoms with Crippen LogP contribution in [0.15, 0.2) is 49.1 Å². The minimum absolute atomic E-state index is 0.222. The molecular weight excluding hydrogens is 315 g/mol. The van der Waals surface area contributed by atoms with Crippen LogP contribution in [0, 0.1) is 11.3 Å². The molecule has 0 radical (unpaired) electrons. The second-order valence-electron chi connectivity index (χ2n) is 9.47. The fourth-order valence-electron chi connectivity index (χ4n) is 3.45. The summed E-state index contributed by atoms with van der Waals surface area (Å²) in [5.74, 6) is 1.19. The molecule has 0 heterocycles. The first kappa shape index (κ1) is 22.0. The van der Waals surface area contributed by atoms with E-state index in [0.29, 0.717) is 11.8 Å². The highest BCUT2D eigenvalue weighted by atomic mass is 28.3. The van der Waals surface area contributed by atoms with E-state index < -0.39 is 8.07 Å². The van der Waals surface area contributed by atoms with E-state index >= 15 is 0 Å². The van der Waals surface area contributed by atoms with E-state index in [1.54, 1.807) is 5.19 Å². The van der Waals surface area contributed by atoms with Crippen LogP contribution >= 0.6 is 0 Å². The van der Waals surface area contributed by atoms with Crippen molar-refractivity contribution in [2.75, 3.05) is 0 Å². The molecule has 1 rings (SSSR count). The standard InChI is InChI=1S/C23H39BSi/c1-10-23(6,15-19(4)18(2)3)17-24-16-20(5)21-11-13-22(14-12-21)25(7,8)9/h10-14,19-20,24H,1-2,15-17H2,3-9H3. The number of hydrogen-bond acceptors (Lipinski definition) is 0. The van der Waals surface area contributed by atoms with Gasteiger partial charge in [-0.15, -0.1) is 6.58 Å². The Morgan fingerprint density at radius 3 is 2.20 bits per heavy atom. The molecule has 0 nitrogen and oxygen atoms in total. The zero-order valence-electron chi connectivity index (χ0n) is 17.8. The first-order valence-electron chi connectivity index (χ1n) is 9.88. The van der Waals surface area contributed by atoms with E-state index in [4.69, 9.17) is 0 Å². The van der Waals surface area contributed by atoms with Crippen molar-refractivity contribution in [3.05, 3.63) is 54.6 Å². The molecule has 2 heteroatoms. The zero-order valence-corrected chi connectivity index (χ0v) is 18.8. The average Bonchev–Trinajstić information content (AvgIpc) is 2.53. The quantitative estimate of drug-likeness (QED) is 0.337. The highest BCUT2D eigenvalue weighted by molar-refractivity contribution is 6.88. The van der Waals surface area contributed by atoms with Gasteiger partial charge in [0.25, 0.3) is 0 Å². The predicted octanol–water partition coefficient (Wildman–Crippen LogP) is 6.40. The van der Waals surface area contributed by atoms with Gasteiger partial charge in [-0.25, -0.2) is 0 Å². The van der Waals surface area contributed by atoms with E-state index in [2.05, 4.69) is 90.8 Å². The van der Waals surface area contributed by atoms with Crippen LogP contribution in [0.25, 0.3) is 0 Å². The Balaban J connectivity index is 2.59. The maximum Gasteiger partial charge on any atom is 0.122 e. The molecule has 0 spiro atoms. The maximum absolute atomic E-state index is 4.11. The first-order valence-corrected chi connectivity index (χ1v) is 13.4. The number of hydrogen-bond donors (Lipinski definition) is 0. The van der Waals surface area contributed by atoms with Crippen molar-refractivity contribution in [2.45, 2.75) is 72.3 Å². The molecule has 138 valence electrons. The van der Waals surface area contributed by atoms with Crippen LogP contribution in [0.3, 0.4) is 0 Å². The molecular formula is C23H39BSi. The smallest absolute Gasteiger partial charge is 0.103 e. The van der Waals surface area contributed by atoms with Gasteiger partial charge in [0.05, 0.1) is 8.07 Å². The van der Waals surface area contributed by atoms with E-state index in [0.717, 1.165) is 6.42 Å². The highest BCUT2D eigenvalue weighted by Gasteiger charge is 2.24. The van der Waals surface area contributed by atoms with Crippen LogP contribution < -0.4 is 5.19 Å². The molecule has 0 aliphatic heterocycles. The molecule has 0 bridgehead atoms. The SMILES string of the molecule is C=CC(C)(CBCC(C)c1ccc([Si](C)(C)C)cc1)CC(C)C(=C)C. The van der Waals surface area contributed by atoms with Gasteiger partial charge in [-0.05, 0) is 36.2 Å². The molecule has 1 aromatic carbocycles. The van der Waals surface area contributed by atoms with Gasteiger partial charge in [-0.2, -0.15) is 0 Å². The van der Waals surface area contributed by atoms with Gasteiger partial charge in [0.2, 0.25) is 0 Å². The van der Waals surface area contributed by atoms with E-state index in [1.165, 1.54) is 31.1 Å². The van der Waals surface area contributed by atoms with Gasteiger partial charge in [0, 0.05) is 0 Å². The Morgan fingerprint density at radius 2 is 1.76 bits per heavy atom. The minimum atomic E-state index is -1.19. The van der Waals surface area contributed by atoms with Crippen LogP contribution in [0.2, 0.25) is 32.3 Å². The van der Waals surface area contributed by atoms with Crippen molar-refractivity contribution in [1.29, 1.82) is 0 Å². The number of allylic oxidation sites excluding steroid dienone is 2. The average molecular weight is 354 g/mol. The van der Waals surface area contributed by atoms with Gasteiger partial charge in [0.1, 0.15) is 7.28 Å². The van der Waals surface area contributed by atoms with Crippen LogP contribution in [-0.2, 0) is 0 Å². The lowest BCUT2D eigenvalue weighted by Crippen LogP contribution is -2.37. The predicted molar refractivity (Wildman–Crippen MR) is 121 cm³/mol. The summed E-state index contributed by atoms with van der Waals surface area (Å²) in [7, 11) is 0.0629. The molecule has 1 aromatic rings. The molecule has 0 aliphatic rings. The summed E-state index contributed by atoms with van der Waals surface area (Å²) >= 11 is 0. The summed E-state index contributed by atoms with van der Waals surface area (Å²) in [6, 6.07) is 9.43. The Kier molecular flexibility index (Phi) is 7.99. The van der Waals surface area contributed by atoms with Gasteiger partial charge in [-0.1, -0.05) is 101 Å². The topological polar surface area (TPSA) is 0 Å². The van der Waals surface area contributed by atoms with Crippen molar-refractivity contribution < 1.29 is 0 Å². The van der Waals surface area contributed by atoms with Crippen molar-refractivity contribution >= 4 is 20.5 Å². The summed E-state index contributed by atoms with van der Waals surface area (Å²) in [6.07, 6.45) is 5.79. The van der Waals surface area contributed by atoms with Gasteiger partial charge in [0.15, 0.2) is 0 Å². The fraction of sp³-hybridized carbons (Fsp3) is 0.565. The van der Waals surface area contributed by atoms with Gasteiger partial charge >= 0.3 is 0 Å². The Hall–Kier alpha value is -1.02. The lowest BCUT2D eigenvalue weighted by atomic mass is 9.57. The molecule has 0 aromatic heterocycles. The Morgan fingerprint density at radius 1 is 1.20 bits per heavy atom. The lowest BCUT2D eigenvalue weighted by Gasteiger charge is -2.29. The van der Waals surface area contributed by atoms with Gasteiger partial charge < -0.3 is 0 Å². The monoisotopic (exact) mass is 354 g/mol. The van der Waals surface area contributed by atoms with Crippen molar-refractivity contribution in [3.8, 4) is 0 Å². The van der Waals surface area contributed by atoms with Crippen LogP contribution in [-0.4, -0.2) is 15.4 Å². The van der Waals surface area contributed by atoms with Crippen molar-refractivity contribution in [3.63, 3.8) is 0 Å². The second-order valence-corrected chi connectivity index (χ2v) is 14.6. The molecule has 0 aliphatic carbocycles. The zero-order chi connectivity index (χ0) is 19.3. The second kappa shape index (κ2) is 9.07. The molecule has 3 atom stereocenters. The number of benzene rings is 1. The van der Waals surface area contributed by atoms with E-state index in [1.807, 2.05) is 0 Å². The summed E-state index contributed by atoms with van der Waals surface area (Å²) < 4.78 is 0. The van der Waals surface area contributed by atoms with Crippen LogP contribution in [0.4, 0.5) is 0 Å². The maximum atomic E-state index is 4.11. The molecule has 0 N–H and O–H groups in total. The lowest BCUT2D eigenvalue weighted by molar-refractivity contribution is 0.377. The molecule has 25 heavy (non-hydrogen) atoms.